The Morgan fingerprint density at radius 1 is 0.914 bits per heavy atom. The summed E-state index contributed by atoms with van der Waals surface area (Å²) >= 11 is 0. The molecule has 0 aromatic heterocycles. The summed E-state index contributed by atoms with van der Waals surface area (Å²) in [5.74, 6) is -1.29. The van der Waals surface area contributed by atoms with E-state index in [1.54, 1.807) is 18.2 Å². The maximum Gasteiger partial charge on any atom is 0.418 e. The molecule has 0 unspecified atom stereocenters. The first-order valence-electron chi connectivity index (χ1n) is 10.4. The Bertz CT molecular complexity index is 1230. The smallest absolute Gasteiger partial charge is 0.418 e. The van der Waals surface area contributed by atoms with Gasteiger partial charge in [0.1, 0.15) is 17.3 Å². The molecule has 184 valence electrons. The second-order valence-electron chi connectivity index (χ2n) is 7.42. The van der Waals surface area contributed by atoms with Crippen molar-refractivity contribution in [3.8, 4) is 11.5 Å². The number of carbonyl (C=O) groups is 2. The molecule has 0 bridgehead atoms. The number of halogens is 4. The SMILES string of the molecule is COc1ccc(OC)c(CCC(=O)Nc2ccc(NC(=O)c3ccccc3F)cc2C(F)(F)F)c1. The Morgan fingerprint density at radius 2 is 1.66 bits per heavy atom. The van der Waals surface area contributed by atoms with Gasteiger partial charge in [-0.1, -0.05) is 12.1 Å². The summed E-state index contributed by atoms with van der Waals surface area (Å²) in [6, 6.07) is 13.0. The molecule has 0 saturated heterocycles. The molecular weight excluding hydrogens is 468 g/mol. The third-order valence-corrected chi connectivity index (χ3v) is 5.08. The molecule has 0 aliphatic heterocycles. The van der Waals surface area contributed by atoms with Gasteiger partial charge >= 0.3 is 6.18 Å². The largest absolute Gasteiger partial charge is 0.497 e. The lowest BCUT2D eigenvalue weighted by Crippen LogP contribution is -2.18. The Balaban J connectivity index is 1.75. The highest BCUT2D eigenvalue weighted by molar-refractivity contribution is 6.04. The fourth-order valence-corrected chi connectivity index (χ4v) is 3.35. The molecule has 3 rings (SSSR count). The van der Waals surface area contributed by atoms with Crippen LogP contribution >= 0.6 is 0 Å². The molecule has 0 spiro atoms. The molecular formula is C25H22F4N2O4. The Labute approximate surface area is 198 Å². The third kappa shape index (κ3) is 6.50. The minimum Gasteiger partial charge on any atom is -0.497 e. The van der Waals surface area contributed by atoms with Crippen LogP contribution in [0.1, 0.15) is 27.9 Å². The standard InChI is InChI=1S/C25H22F4N2O4/c1-34-17-9-11-22(35-2)15(13-17)7-12-23(32)31-21-10-8-16(14-19(21)25(27,28)29)30-24(33)18-5-3-4-6-20(18)26/h3-6,8-11,13-14H,7,12H2,1-2H3,(H,30,33)(H,31,32). The lowest BCUT2D eigenvalue weighted by atomic mass is 10.1. The monoisotopic (exact) mass is 490 g/mol. The van der Waals surface area contributed by atoms with E-state index in [4.69, 9.17) is 9.47 Å². The number of hydrogen-bond acceptors (Lipinski definition) is 4. The van der Waals surface area contributed by atoms with Crippen LogP contribution in [0.5, 0.6) is 11.5 Å². The van der Waals surface area contributed by atoms with Crippen LogP contribution in [0.4, 0.5) is 28.9 Å². The number of nitrogens with one attached hydrogen (secondary N) is 2. The van der Waals surface area contributed by atoms with Crippen molar-refractivity contribution in [2.24, 2.45) is 0 Å². The summed E-state index contributed by atoms with van der Waals surface area (Å²) < 4.78 is 65.2. The van der Waals surface area contributed by atoms with Crippen molar-refractivity contribution in [3.63, 3.8) is 0 Å². The maximum atomic E-state index is 13.8. The molecule has 2 N–H and O–H groups in total. The van der Waals surface area contributed by atoms with Gasteiger partial charge in [-0.3, -0.25) is 9.59 Å². The summed E-state index contributed by atoms with van der Waals surface area (Å²) in [4.78, 5) is 24.7. The second kappa shape index (κ2) is 10.9. The number of carbonyl (C=O) groups excluding carboxylic acids is 2. The van der Waals surface area contributed by atoms with E-state index >= 15 is 0 Å². The van der Waals surface area contributed by atoms with Crippen LogP contribution in [0.2, 0.25) is 0 Å². The lowest BCUT2D eigenvalue weighted by Gasteiger charge is -2.16. The van der Waals surface area contributed by atoms with Crippen molar-refractivity contribution in [1.29, 1.82) is 0 Å². The van der Waals surface area contributed by atoms with Gasteiger partial charge in [-0.25, -0.2) is 4.39 Å². The highest BCUT2D eigenvalue weighted by Gasteiger charge is 2.34. The Hall–Kier alpha value is -4.08. The van der Waals surface area contributed by atoms with Crippen LogP contribution in [0.15, 0.2) is 60.7 Å². The molecule has 0 heterocycles. The van der Waals surface area contributed by atoms with Crippen molar-refractivity contribution in [2.45, 2.75) is 19.0 Å². The van der Waals surface area contributed by atoms with Gasteiger partial charge in [0.2, 0.25) is 5.91 Å². The van der Waals surface area contributed by atoms with Crippen LogP contribution in [0, 0.1) is 5.82 Å². The van der Waals surface area contributed by atoms with E-state index in [2.05, 4.69) is 10.6 Å². The quantitative estimate of drug-likeness (QED) is 0.398. The van der Waals surface area contributed by atoms with E-state index in [1.807, 2.05) is 0 Å². The van der Waals surface area contributed by atoms with Gasteiger partial charge in [0.15, 0.2) is 0 Å². The van der Waals surface area contributed by atoms with E-state index in [0.717, 1.165) is 12.1 Å². The Morgan fingerprint density at radius 3 is 2.31 bits per heavy atom. The van der Waals surface area contributed by atoms with Crippen LogP contribution in [0.3, 0.4) is 0 Å². The Kier molecular flexibility index (Phi) is 7.95. The van der Waals surface area contributed by atoms with Gasteiger partial charge in [0, 0.05) is 12.1 Å². The zero-order valence-electron chi connectivity index (χ0n) is 18.8. The number of alkyl halides is 3. The summed E-state index contributed by atoms with van der Waals surface area (Å²) in [7, 11) is 2.95. The first-order chi connectivity index (χ1) is 16.6. The number of rotatable bonds is 8. The van der Waals surface area contributed by atoms with Gasteiger partial charge in [-0.15, -0.1) is 0 Å². The van der Waals surface area contributed by atoms with Gasteiger partial charge in [0.25, 0.3) is 5.91 Å². The predicted octanol–water partition coefficient (Wildman–Crippen LogP) is 5.69. The number of hydrogen-bond donors (Lipinski definition) is 2. The topological polar surface area (TPSA) is 76.7 Å². The summed E-state index contributed by atoms with van der Waals surface area (Å²) in [6.45, 7) is 0. The van der Waals surface area contributed by atoms with E-state index < -0.39 is 35.1 Å². The number of benzene rings is 3. The number of aryl methyl sites for hydroxylation is 1. The van der Waals surface area contributed by atoms with Crippen molar-refractivity contribution in [1.82, 2.24) is 0 Å². The average molecular weight is 490 g/mol. The zero-order chi connectivity index (χ0) is 25.6. The summed E-state index contributed by atoms with van der Waals surface area (Å²) in [6.07, 6.45) is -4.74. The van der Waals surface area contributed by atoms with Crippen molar-refractivity contribution in [3.05, 3.63) is 83.2 Å². The molecule has 2 amide bonds. The van der Waals surface area contributed by atoms with E-state index in [9.17, 15) is 27.2 Å². The molecule has 0 saturated carbocycles. The van der Waals surface area contributed by atoms with Crippen LogP contribution in [0.25, 0.3) is 0 Å². The normalized spacial score (nSPS) is 11.0. The minimum absolute atomic E-state index is 0.118. The van der Waals surface area contributed by atoms with Crippen molar-refractivity contribution in [2.75, 3.05) is 24.9 Å². The first kappa shape index (κ1) is 25.5. The fourth-order valence-electron chi connectivity index (χ4n) is 3.35. The molecule has 10 heteroatoms. The van der Waals surface area contributed by atoms with Crippen LogP contribution < -0.4 is 20.1 Å². The highest BCUT2D eigenvalue weighted by atomic mass is 19.4. The van der Waals surface area contributed by atoms with Gasteiger partial charge in [0.05, 0.1) is 31.0 Å². The zero-order valence-corrected chi connectivity index (χ0v) is 18.8. The van der Waals surface area contributed by atoms with E-state index in [0.29, 0.717) is 23.1 Å². The van der Waals surface area contributed by atoms with Crippen LogP contribution in [-0.4, -0.2) is 26.0 Å². The molecule has 3 aromatic carbocycles. The van der Waals surface area contributed by atoms with Gasteiger partial charge in [-0.05, 0) is 60.5 Å². The van der Waals surface area contributed by atoms with Gasteiger partial charge in [-0.2, -0.15) is 13.2 Å². The number of amides is 2. The molecule has 0 fully saturated rings. The average Bonchev–Trinajstić information content (AvgIpc) is 2.83. The lowest BCUT2D eigenvalue weighted by molar-refractivity contribution is -0.136. The van der Waals surface area contributed by atoms with Crippen LogP contribution in [-0.2, 0) is 17.4 Å². The molecule has 0 aliphatic carbocycles. The molecule has 0 aliphatic rings. The second-order valence-corrected chi connectivity index (χ2v) is 7.42. The summed E-state index contributed by atoms with van der Waals surface area (Å²) in [5.41, 5.74) is -1.49. The van der Waals surface area contributed by atoms with E-state index in [1.165, 1.54) is 38.5 Å². The number of anilines is 2. The molecule has 0 atom stereocenters. The minimum atomic E-state index is -4.82. The van der Waals surface area contributed by atoms with Crippen molar-refractivity contribution < 1.29 is 36.6 Å². The molecule has 35 heavy (non-hydrogen) atoms. The fraction of sp³-hybridized carbons (Fsp3) is 0.200. The predicted molar refractivity (Wildman–Crippen MR) is 122 cm³/mol. The third-order valence-electron chi connectivity index (χ3n) is 5.08. The highest BCUT2D eigenvalue weighted by Crippen LogP contribution is 2.37. The van der Waals surface area contributed by atoms with E-state index in [-0.39, 0.29) is 24.1 Å². The first-order valence-corrected chi connectivity index (χ1v) is 10.4. The van der Waals surface area contributed by atoms with Gasteiger partial charge < -0.3 is 20.1 Å². The number of ether oxygens (including phenoxy) is 2. The summed E-state index contributed by atoms with van der Waals surface area (Å²) in [5, 5.41) is 4.52. The molecule has 6 nitrogen and oxygen atoms in total. The number of methoxy groups -OCH3 is 2. The van der Waals surface area contributed by atoms with Crippen molar-refractivity contribution >= 4 is 23.2 Å². The maximum absolute atomic E-state index is 13.8. The molecule has 3 aromatic rings. The molecule has 0 radical (unpaired) electrons.